The number of anilines is 2. The molecule has 48 heavy (non-hydrogen) atoms. The van der Waals surface area contributed by atoms with Crippen LogP contribution in [0.15, 0.2) is 66.9 Å². The van der Waals surface area contributed by atoms with Crippen LogP contribution >= 0.6 is 0 Å². The van der Waals surface area contributed by atoms with Gasteiger partial charge in [0.2, 0.25) is 17.7 Å². The lowest BCUT2D eigenvalue weighted by Crippen LogP contribution is -2.46. The molecule has 13 heteroatoms. The maximum atomic E-state index is 14.1. The van der Waals surface area contributed by atoms with Crippen molar-refractivity contribution in [3.63, 3.8) is 0 Å². The monoisotopic (exact) mass is 667 g/mol. The van der Waals surface area contributed by atoms with Gasteiger partial charge in [-0.25, -0.2) is 9.78 Å². The van der Waals surface area contributed by atoms with Crippen molar-refractivity contribution in [1.29, 1.82) is 0 Å². The number of hydrogen-bond donors (Lipinski definition) is 3. The molecule has 0 saturated heterocycles. The van der Waals surface area contributed by atoms with Crippen LogP contribution in [0.2, 0.25) is 0 Å². The molecule has 4 rings (SSSR count). The second-order valence-corrected chi connectivity index (χ2v) is 12.7. The summed E-state index contributed by atoms with van der Waals surface area (Å²) < 4.78 is 47.5. The van der Waals surface area contributed by atoms with Crippen molar-refractivity contribution in [2.24, 2.45) is 5.41 Å². The minimum absolute atomic E-state index is 0.00368. The summed E-state index contributed by atoms with van der Waals surface area (Å²) in [4.78, 5) is 56.8. The van der Waals surface area contributed by atoms with Crippen molar-refractivity contribution in [3.05, 3.63) is 89.1 Å². The number of carbonyl (C=O) groups excluding carboxylic acids is 4. The first-order valence-electron chi connectivity index (χ1n) is 15.6. The van der Waals surface area contributed by atoms with E-state index < -0.39 is 41.6 Å². The van der Waals surface area contributed by atoms with E-state index in [4.69, 9.17) is 4.74 Å². The maximum Gasteiger partial charge on any atom is 0.407 e. The fourth-order valence-corrected chi connectivity index (χ4v) is 5.20. The van der Waals surface area contributed by atoms with Crippen LogP contribution in [0.1, 0.15) is 62.8 Å². The zero-order valence-corrected chi connectivity index (χ0v) is 27.4. The molecular formula is C35H40F3N5O5. The van der Waals surface area contributed by atoms with E-state index in [1.54, 1.807) is 87.6 Å². The van der Waals surface area contributed by atoms with Gasteiger partial charge in [-0.1, -0.05) is 43.3 Å². The topological polar surface area (TPSA) is 130 Å². The summed E-state index contributed by atoms with van der Waals surface area (Å²) in [6.07, 6.45) is -4.02. The number of amides is 4. The molecule has 3 aromatic rings. The number of aryl methyl sites for hydroxylation is 1. The quantitative estimate of drug-likeness (QED) is 0.212. The van der Waals surface area contributed by atoms with Gasteiger partial charge in [0, 0.05) is 25.0 Å². The molecule has 3 N–H and O–H groups in total. The first-order valence-corrected chi connectivity index (χ1v) is 15.6. The smallest absolute Gasteiger partial charge is 0.407 e. The molecule has 1 fully saturated rings. The second-order valence-electron chi connectivity index (χ2n) is 12.7. The summed E-state index contributed by atoms with van der Waals surface area (Å²) in [7, 11) is 0. The first-order chi connectivity index (χ1) is 22.6. The number of benzene rings is 2. The Kier molecular flexibility index (Phi) is 11.1. The molecule has 1 aromatic heterocycles. The molecule has 0 bridgehead atoms. The van der Waals surface area contributed by atoms with E-state index in [-0.39, 0.29) is 38.3 Å². The standard InChI is InChI=1S/C35H40F3N5O5/c1-5-23-13-14-27(18-26(23)19-29(44)42-28-12-8-9-17-39-28)41-30(45)22-43(31(46)34(15-16-34)35(36,37)38)21-25-11-7-6-10-24(25)20-40-32(47)48-33(2,3)4/h6-14,17-18H,5,15-16,19-22H2,1-4H3,(H,40,47)(H,41,45)(H,39,42,44). The van der Waals surface area contributed by atoms with Crippen LogP contribution < -0.4 is 16.0 Å². The number of halogens is 3. The van der Waals surface area contributed by atoms with Crippen LogP contribution in [-0.4, -0.2) is 52.0 Å². The number of hydrogen-bond acceptors (Lipinski definition) is 6. The normalized spacial score (nSPS) is 13.6. The van der Waals surface area contributed by atoms with E-state index in [0.29, 0.717) is 34.6 Å². The van der Waals surface area contributed by atoms with Gasteiger partial charge >= 0.3 is 12.3 Å². The predicted molar refractivity (Wildman–Crippen MR) is 174 cm³/mol. The zero-order chi connectivity index (χ0) is 35.1. The molecule has 1 aliphatic carbocycles. The fourth-order valence-electron chi connectivity index (χ4n) is 5.20. The van der Waals surface area contributed by atoms with E-state index in [9.17, 15) is 32.3 Å². The van der Waals surface area contributed by atoms with Crippen molar-refractivity contribution in [1.82, 2.24) is 15.2 Å². The number of pyridine rings is 1. The van der Waals surface area contributed by atoms with Crippen LogP contribution in [0.4, 0.5) is 29.5 Å². The van der Waals surface area contributed by atoms with Gasteiger partial charge in [-0.05, 0) is 86.6 Å². The number of alkyl carbamates (subject to hydrolysis) is 1. The minimum Gasteiger partial charge on any atom is -0.444 e. The Bertz CT molecular complexity index is 1640. The number of ether oxygens (including phenoxy) is 1. The van der Waals surface area contributed by atoms with Crippen LogP contribution in [-0.2, 0) is 45.1 Å². The SMILES string of the molecule is CCc1ccc(NC(=O)CN(Cc2ccccc2CNC(=O)OC(C)(C)C)C(=O)C2(C(F)(F)F)CC2)cc1CC(=O)Nc1ccccn1. The highest BCUT2D eigenvalue weighted by atomic mass is 19.4. The van der Waals surface area contributed by atoms with Gasteiger partial charge < -0.3 is 25.6 Å². The number of nitrogens with one attached hydrogen (secondary N) is 3. The average molecular weight is 668 g/mol. The summed E-state index contributed by atoms with van der Waals surface area (Å²) >= 11 is 0. The summed E-state index contributed by atoms with van der Waals surface area (Å²) in [5.41, 5.74) is -0.434. The summed E-state index contributed by atoms with van der Waals surface area (Å²) in [5, 5.41) is 8.03. The third-order valence-electron chi connectivity index (χ3n) is 7.78. The Labute approximate surface area is 277 Å². The van der Waals surface area contributed by atoms with Crippen LogP contribution in [0.3, 0.4) is 0 Å². The average Bonchev–Trinajstić information content (AvgIpc) is 3.82. The van der Waals surface area contributed by atoms with E-state index in [0.717, 1.165) is 10.5 Å². The highest BCUT2D eigenvalue weighted by Crippen LogP contribution is 2.58. The van der Waals surface area contributed by atoms with E-state index in [1.807, 2.05) is 6.92 Å². The lowest BCUT2D eigenvalue weighted by molar-refractivity contribution is -0.199. The minimum atomic E-state index is -4.78. The highest BCUT2D eigenvalue weighted by molar-refractivity contribution is 5.97. The molecule has 0 spiro atoms. The number of carbonyl (C=O) groups is 4. The molecule has 0 radical (unpaired) electrons. The van der Waals surface area contributed by atoms with E-state index in [1.165, 1.54) is 0 Å². The Morgan fingerprint density at radius 2 is 1.56 bits per heavy atom. The molecule has 10 nitrogen and oxygen atoms in total. The zero-order valence-electron chi connectivity index (χ0n) is 27.4. The van der Waals surface area contributed by atoms with Gasteiger partial charge in [0.15, 0.2) is 0 Å². The van der Waals surface area contributed by atoms with Crippen molar-refractivity contribution in [2.75, 3.05) is 17.2 Å². The van der Waals surface area contributed by atoms with Gasteiger partial charge in [0.25, 0.3) is 0 Å². The van der Waals surface area contributed by atoms with Crippen molar-refractivity contribution in [3.8, 4) is 0 Å². The first kappa shape index (κ1) is 35.9. The van der Waals surface area contributed by atoms with Crippen LogP contribution in [0.5, 0.6) is 0 Å². The van der Waals surface area contributed by atoms with E-state index in [2.05, 4.69) is 20.9 Å². The third kappa shape index (κ3) is 9.55. The maximum absolute atomic E-state index is 14.1. The molecular weight excluding hydrogens is 627 g/mol. The Hall–Kier alpha value is -4.94. The Morgan fingerprint density at radius 1 is 0.875 bits per heavy atom. The lowest BCUT2D eigenvalue weighted by Gasteiger charge is -2.29. The number of alkyl halides is 3. The molecule has 0 atom stereocenters. The van der Waals surface area contributed by atoms with Crippen molar-refractivity contribution in [2.45, 2.75) is 78.2 Å². The number of rotatable bonds is 12. The molecule has 1 saturated carbocycles. The van der Waals surface area contributed by atoms with Gasteiger partial charge in [0.05, 0.1) is 6.42 Å². The van der Waals surface area contributed by atoms with Gasteiger partial charge in [0.1, 0.15) is 23.4 Å². The van der Waals surface area contributed by atoms with Crippen molar-refractivity contribution < 1.29 is 37.1 Å². The van der Waals surface area contributed by atoms with Crippen molar-refractivity contribution >= 4 is 35.3 Å². The second kappa shape index (κ2) is 14.9. The molecule has 2 aromatic carbocycles. The molecule has 0 aliphatic heterocycles. The Morgan fingerprint density at radius 3 is 2.17 bits per heavy atom. The number of nitrogens with zero attached hydrogens (tertiary/aromatic N) is 2. The van der Waals surface area contributed by atoms with Crippen LogP contribution in [0.25, 0.3) is 0 Å². The summed E-state index contributed by atoms with van der Waals surface area (Å²) in [6.45, 7) is 6.09. The van der Waals surface area contributed by atoms with Gasteiger partial charge in [-0.15, -0.1) is 0 Å². The third-order valence-corrected chi connectivity index (χ3v) is 7.78. The van der Waals surface area contributed by atoms with E-state index >= 15 is 0 Å². The molecule has 4 amide bonds. The molecule has 0 unspecified atom stereocenters. The van der Waals surface area contributed by atoms with Gasteiger partial charge in [-0.2, -0.15) is 13.2 Å². The molecule has 1 aliphatic rings. The molecule has 1 heterocycles. The fraction of sp³-hybridized carbons (Fsp3) is 0.400. The summed E-state index contributed by atoms with van der Waals surface area (Å²) in [5.74, 6) is -1.82. The Balaban J connectivity index is 1.52. The molecule has 256 valence electrons. The largest absolute Gasteiger partial charge is 0.444 e. The lowest BCUT2D eigenvalue weighted by atomic mass is 10.0. The van der Waals surface area contributed by atoms with Crippen LogP contribution in [0, 0.1) is 5.41 Å². The van der Waals surface area contributed by atoms with Gasteiger partial charge in [-0.3, -0.25) is 14.4 Å². The summed E-state index contributed by atoms with van der Waals surface area (Å²) in [6, 6.07) is 16.8. The highest BCUT2D eigenvalue weighted by Gasteiger charge is 2.69. The predicted octanol–water partition coefficient (Wildman–Crippen LogP) is 6.16. The number of aromatic nitrogens is 1.